The van der Waals surface area contributed by atoms with E-state index in [1.165, 1.54) is 12.1 Å². The predicted octanol–water partition coefficient (Wildman–Crippen LogP) is -0.305. The highest BCUT2D eigenvalue weighted by Crippen LogP contribution is 2.41. The Morgan fingerprint density at radius 1 is 1.04 bits per heavy atom. The number of hydrazine groups is 3. The van der Waals surface area contributed by atoms with E-state index in [-0.39, 0.29) is 28.3 Å². The van der Waals surface area contributed by atoms with E-state index in [4.69, 9.17) is 16.6 Å². The van der Waals surface area contributed by atoms with Crippen LogP contribution in [0, 0.1) is 0 Å². The average Bonchev–Trinajstić information content (AvgIpc) is 3.04. The molecule has 2 aromatic rings. The molecule has 10 nitrogen and oxygen atoms in total. The van der Waals surface area contributed by atoms with Crippen molar-refractivity contribution >= 4 is 21.7 Å². The van der Waals surface area contributed by atoms with Crippen molar-refractivity contribution in [1.29, 1.82) is 0 Å². The third-order valence-corrected chi connectivity index (χ3v) is 4.76. The molecule has 1 aliphatic rings. The standard InChI is InChI=1S/C13H15F3N8O2S/c14-13(15,16)7-2-1-6(5-3-8(17)20-9(18)4-5)10(11(7)27(19,25)26)12-21-23-24-22-12/h1-4,12,21-24H,(H4,17,18,20)(H2,19,25,26). The number of rotatable bonds is 3. The van der Waals surface area contributed by atoms with Crippen molar-refractivity contribution in [2.24, 2.45) is 5.14 Å². The summed E-state index contributed by atoms with van der Waals surface area (Å²) in [6.45, 7) is 0. The lowest BCUT2D eigenvalue weighted by Gasteiger charge is -2.22. The SMILES string of the molecule is Nc1cc(-c2ccc(C(F)(F)F)c(S(N)(=O)=O)c2C2NNNN2)cc(N)n1. The molecular formula is C13H15F3N8O2S. The number of halogens is 3. The lowest BCUT2D eigenvalue weighted by Crippen LogP contribution is -2.33. The normalized spacial score (nSPS) is 16.0. The van der Waals surface area contributed by atoms with Gasteiger partial charge in [-0.1, -0.05) is 6.07 Å². The molecule has 146 valence electrons. The summed E-state index contributed by atoms with van der Waals surface area (Å²) in [4.78, 5) is 2.72. The number of pyridine rings is 1. The third kappa shape index (κ3) is 3.80. The van der Waals surface area contributed by atoms with Crippen LogP contribution in [-0.2, 0) is 16.2 Å². The van der Waals surface area contributed by atoms with Gasteiger partial charge in [0.05, 0.1) is 5.56 Å². The molecule has 0 radical (unpaired) electrons. The fourth-order valence-electron chi connectivity index (χ4n) is 2.79. The second kappa shape index (κ2) is 6.59. The van der Waals surface area contributed by atoms with Gasteiger partial charge in [-0.05, 0) is 29.3 Å². The highest BCUT2D eigenvalue weighted by Gasteiger charge is 2.40. The van der Waals surface area contributed by atoms with Crippen LogP contribution >= 0.6 is 0 Å². The molecule has 0 unspecified atom stereocenters. The predicted molar refractivity (Wildman–Crippen MR) is 90.2 cm³/mol. The maximum absolute atomic E-state index is 13.5. The molecule has 3 rings (SSSR count). The molecule has 27 heavy (non-hydrogen) atoms. The van der Waals surface area contributed by atoms with Crippen LogP contribution in [0.1, 0.15) is 17.3 Å². The molecule has 2 heterocycles. The minimum absolute atomic E-state index is 0.0107. The fraction of sp³-hybridized carbons (Fsp3) is 0.154. The highest BCUT2D eigenvalue weighted by molar-refractivity contribution is 7.89. The minimum Gasteiger partial charge on any atom is -0.384 e. The third-order valence-electron chi connectivity index (χ3n) is 3.75. The molecule has 1 saturated heterocycles. The minimum atomic E-state index is -4.95. The molecule has 0 spiro atoms. The van der Waals surface area contributed by atoms with E-state index >= 15 is 0 Å². The Balaban J connectivity index is 2.41. The quantitative estimate of drug-likeness (QED) is 0.362. The monoisotopic (exact) mass is 404 g/mol. The van der Waals surface area contributed by atoms with Gasteiger partial charge in [0.15, 0.2) is 0 Å². The summed E-state index contributed by atoms with van der Waals surface area (Å²) in [6.07, 6.45) is -6.03. The summed E-state index contributed by atoms with van der Waals surface area (Å²) < 4.78 is 64.6. The summed E-state index contributed by atoms with van der Waals surface area (Å²) in [5, 5.41) is 5.14. The Morgan fingerprint density at radius 2 is 1.59 bits per heavy atom. The van der Waals surface area contributed by atoms with Crippen LogP contribution in [0.5, 0.6) is 0 Å². The first-order valence-electron chi connectivity index (χ1n) is 7.30. The average molecular weight is 404 g/mol. The molecule has 1 aliphatic heterocycles. The lowest BCUT2D eigenvalue weighted by molar-refractivity contribution is -0.140. The number of primary sulfonamides is 1. The summed E-state index contributed by atoms with van der Waals surface area (Å²) in [7, 11) is -4.77. The van der Waals surface area contributed by atoms with E-state index in [0.717, 1.165) is 6.07 Å². The number of hydrogen-bond acceptors (Lipinski definition) is 9. The van der Waals surface area contributed by atoms with Crippen molar-refractivity contribution in [1.82, 2.24) is 26.9 Å². The highest BCUT2D eigenvalue weighted by atomic mass is 32.2. The van der Waals surface area contributed by atoms with Crippen LogP contribution < -0.4 is 38.5 Å². The van der Waals surface area contributed by atoms with E-state index in [9.17, 15) is 21.6 Å². The zero-order valence-electron chi connectivity index (χ0n) is 13.4. The molecule has 0 aliphatic carbocycles. The lowest BCUT2D eigenvalue weighted by atomic mass is 9.95. The number of nitrogens with zero attached hydrogens (tertiary/aromatic N) is 1. The first kappa shape index (κ1) is 19.3. The first-order valence-corrected chi connectivity index (χ1v) is 8.84. The Morgan fingerprint density at radius 3 is 2.07 bits per heavy atom. The zero-order valence-corrected chi connectivity index (χ0v) is 14.2. The van der Waals surface area contributed by atoms with Gasteiger partial charge in [-0.25, -0.2) is 29.4 Å². The fourth-order valence-corrected chi connectivity index (χ4v) is 3.82. The Labute approximate surface area is 151 Å². The van der Waals surface area contributed by atoms with Crippen LogP contribution in [-0.4, -0.2) is 13.4 Å². The summed E-state index contributed by atoms with van der Waals surface area (Å²) in [5.74, 6) is 0.0215. The zero-order chi connectivity index (χ0) is 20.0. The maximum Gasteiger partial charge on any atom is 0.417 e. The Bertz CT molecular complexity index is 970. The van der Waals surface area contributed by atoms with E-state index < -0.39 is 32.8 Å². The van der Waals surface area contributed by atoms with E-state index in [0.29, 0.717) is 6.07 Å². The smallest absolute Gasteiger partial charge is 0.384 e. The Kier molecular flexibility index (Phi) is 4.71. The second-order valence-electron chi connectivity index (χ2n) is 5.62. The van der Waals surface area contributed by atoms with Crippen LogP contribution in [0.4, 0.5) is 24.8 Å². The van der Waals surface area contributed by atoms with Gasteiger partial charge in [0.1, 0.15) is 22.7 Å². The maximum atomic E-state index is 13.5. The first-order chi connectivity index (χ1) is 12.5. The number of sulfonamides is 1. The van der Waals surface area contributed by atoms with Gasteiger partial charge in [0.2, 0.25) is 10.0 Å². The van der Waals surface area contributed by atoms with Gasteiger partial charge in [-0.3, -0.25) is 0 Å². The molecular weight excluding hydrogens is 389 g/mol. The van der Waals surface area contributed by atoms with Crippen LogP contribution in [0.3, 0.4) is 0 Å². The molecule has 14 heteroatoms. The largest absolute Gasteiger partial charge is 0.417 e. The van der Waals surface area contributed by atoms with E-state index in [1.807, 2.05) is 0 Å². The van der Waals surface area contributed by atoms with Crippen molar-refractivity contribution in [3.63, 3.8) is 0 Å². The summed E-state index contributed by atoms with van der Waals surface area (Å²) in [5.41, 5.74) is 20.0. The number of nitrogens with one attached hydrogen (secondary N) is 4. The number of anilines is 2. The molecule has 0 atom stereocenters. The van der Waals surface area contributed by atoms with Gasteiger partial charge >= 0.3 is 6.18 Å². The number of nitrogen functional groups attached to an aromatic ring is 2. The van der Waals surface area contributed by atoms with Crippen LogP contribution in [0.2, 0.25) is 0 Å². The molecule has 0 saturated carbocycles. The van der Waals surface area contributed by atoms with Gasteiger partial charge < -0.3 is 11.5 Å². The molecule has 0 amide bonds. The second-order valence-corrected chi connectivity index (χ2v) is 7.12. The van der Waals surface area contributed by atoms with Gasteiger partial charge in [-0.15, -0.1) is 0 Å². The summed E-state index contributed by atoms with van der Waals surface area (Å²) in [6, 6.07) is 4.46. The van der Waals surface area contributed by atoms with Crippen molar-refractivity contribution < 1.29 is 21.6 Å². The molecule has 0 bridgehead atoms. The molecule has 10 N–H and O–H groups in total. The number of benzene rings is 1. The van der Waals surface area contributed by atoms with Gasteiger partial charge in [0, 0.05) is 5.56 Å². The van der Waals surface area contributed by atoms with Crippen molar-refractivity contribution in [3.8, 4) is 11.1 Å². The molecule has 1 aromatic carbocycles. The van der Waals surface area contributed by atoms with Crippen molar-refractivity contribution in [2.75, 3.05) is 11.5 Å². The Hall–Kier alpha value is -2.49. The number of aromatic nitrogens is 1. The summed E-state index contributed by atoms with van der Waals surface area (Å²) >= 11 is 0. The number of nitrogens with two attached hydrogens (primary N) is 3. The van der Waals surface area contributed by atoms with Gasteiger partial charge in [0.25, 0.3) is 0 Å². The van der Waals surface area contributed by atoms with E-state index in [1.54, 1.807) is 0 Å². The van der Waals surface area contributed by atoms with Crippen molar-refractivity contribution in [2.45, 2.75) is 17.2 Å². The molecule has 1 aromatic heterocycles. The van der Waals surface area contributed by atoms with E-state index in [2.05, 4.69) is 26.9 Å². The van der Waals surface area contributed by atoms with Crippen molar-refractivity contribution in [3.05, 3.63) is 35.4 Å². The number of alkyl halides is 3. The molecule has 1 fully saturated rings. The van der Waals surface area contributed by atoms with Gasteiger partial charge in [-0.2, -0.15) is 24.2 Å². The topological polar surface area (TPSA) is 173 Å². The van der Waals surface area contributed by atoms with Crippen LogP contribution in [0.25, 0.3) is 11.1 Å². The number of hydrogen-bond donors (Lipinski definition) is 7. The van der Waals surface area contributed by atoms with Crippen LogP contribution in [0.15, 0.2) is 29.2 Å².